The van der Waals surface area contributed by atoms with E-state index in [2.05, 4.69) is 0 Å². The van der Waals surface area contributed by atoms with Gasteiger partial charge in [0, 0.05) is 16.0 Å². The first kappa shape index (κ1) is 24.1. The number of halogens is 2. The number of aliphatic hydroxyl groups is 1. The summed E-state index contributed by atoms with van der Waals surface area (Å²) in [6, 6.07) is 14.2. The summed E-state index contributed by atoms with van der Waals surface area (Å²) < 4.78 is 0. The number of carbonyl (C=O) groups excluding carboxylic acids is 1. The van der Waals surface area contributed by atoms with E-state index in [0.717, 1.165) is 24.0 Å². The minimum atomic E-state index is -1.11. The minimum absolute atomic E-state index is 0.191. The van der Waals surface area contributed by atoms with E-state index in [4.69, 9.17) is 23.2 Å². The second-order valence-electron chi connectivity index (χ2n) is 9.77. The average Bonchev–Trinajstić information content (AvgIpc) is 3.56. The van der Waals surface area contributed by atoms with Crippen LogP contribution in [0.2, 0.25) is 10.0 Å². The van der Waals surface area contributed by atoms with Gasteiger partial charge in [-0.3, -0.25) is 9.59 Å². The fourth-order valence-electron chi connectivity index (χ4n) is 5.50. The van der Waals surface area contributed by atoms with E-state index in [1.807, 2.05) is 30.3 Å². The van der Waals surface area contributed by atoms with Crippen molar-refractivity contribution in [2.45, 2.75) is 63.6 Å². The molecule has 4 rings (SSSR count). The van der Waals surface area contributed by atoms with Crippen LogP contribution < -0.4 is 0 Å². The Morgan fingerprint density at radius 3 is 2.33 bits per heavy atom. The lowest BCUT2D eigenvalue weighted by atomic mass is 9.66. The summed E-state index contributed by atoms with van der Waals surface area (Å²) in [5.74, 6) is -1.25. The quantitative estimate of drug-likeness (QED) is 0.523. The van der Waals surface area contributed by atoms with Crippen molar-refractivity contribution in [1.29, 1.82) is 0 Å². The number of amides is 1. The van der Waals surface area contributed by atoms with Crippen LogP contribution in [-0.4, -0.2) is 39.1 Å². The molecule has 2 aromatic rings. The summed E-state index contributed by atoms with van der Waals surface area (Å²) in [6.45, 7) is 3.45. The summed E-state index contributed by atoms with van der Waals surface area (Å²) in [7, 11) is 0. The van der Waals surface area contributed by atoms with E-state index in [0.29, 0.717) is 16.5 Å². The zero-order chi connectivity index (χ0) is 23.9. The highest BCUT2D eigenvalue weighted by Crippen LogP contribution is 2.54. The maximum atomic E-state index is 14.1. The Bertz CT molecular complexity index is 1030. The molecule has 0 radical (unpaired) electrons. The lowest BCUT2D eigenvalue weighted by Crippen LogP contribution is -2.59. The van der Waals surface area contributed by atoms with Crippen molar-refractivity contribution in [1.82, 2.24) is 4.90 Å². The van der Waals surface area contributed by atoms with Gasteiger partial charge in [-0.15, -0.1) is 0 Å². The van der Waals surface area contributed by atoms with Gasteiger partial charge in [-0.05, 0) is 67.5 Å². The lowest BCUT2D eigenvalue weighted by molar-refractivity contribution is -0.164. The molecule has 176 valence electrons. The molecule has 1 heterocycles. The highest BCUT2D eigenvalue weighted by atomic mass is 35.5. The molecule has 5 nitrogen and oxygen atoms in total. The molecule has 33 heavy (non-hydrogen) atoms. The Labute approximate surface area is 204 Å². The molecule has 0 spiro atoms. The first-order chi connectivity index (χ1) is 15.6. The summed E-state index contributed by atoms with van der Waals surface area (Å²) >= 11 is 12.5. The van der Waals surface area contributed by atoms with Crippen LogP contribution in [0.4, 0.5) is 0 Å². The number of carboxylic acids is 1. The van der Waals surface area contributed by atoms with Crippen LogP contribution in [0.25, 0.3) is 0 Å². The van der Waals surface area contributed by atoms with Gasteiger partial charge in [0.25, 0.3) is 0 Å². The first-order valence-corrected chi connectivity index (χ1v) is 12.1. The molecule has 5 atom stereocenters. The maximum absolute atomic E-state index is 14.1. The zero-order valence-corrected chi connectivity index (χ0v) is 20.3. The zero-order valence-electron chi connectivity index (χ0n) is 18.7. The number of aliphatic hydroxyl groups excluding tert-OH is 1. The van der Waals surface area contributed by atoms with Gasteiger partial charge < -0.3 is 15.1 Å². The van der Waals surface area contributed by atoms with Crippen LogP contribution in [0.3, 0.4) is 0 Å². The molecule has 1 amide bonds. The number of nitrogens with zero attached hydrogens (tertiary/aromatic N) is 1. The van der Waals surface area contributed by atoms with Gasteiger partial charge in [-0.2, -0.15) is 0 Å². The van der Waals surface area contributed by atoms with Gasteiger partial charge in [0.2, 0.25) is 5.91 Å². The minimum Gasteiger partial charge on any atom is -0.481 e. The normalized spacial score (nSPS) is 27.3. The molecule has 1 saturated heterocycles. The Hall–Kier alpha value is -2.08. The van der Waals surface area contributed by atoms with Gasteiger partial charge in [-0.1, -0.05) is 54.4 Å². The Morgan fingerprint density at radius 1 is 1.12 bits per heavy atom. The molecule has 1 aliphatic heterocycles. The van der Waals surface area contributed by atoms with Gasteiger partial charge in [-0.25, -0.2) is 0 Å². The molecule has 1 unspecified atom stereocenters. The number of likely N-dealkylation sites (tertiary alicyclic amines) is 1. The highest BCUT2D eigenvalue weighted by Gasteiger charge is 2.55. The van der Waals surface area contributed by atoms with Crippen molar-refractivity contribution in [3.05, 3.63) is 69.7 Å². The third-order valence-electron chi connectivity index (χ3n) is 7.05. The van der Waals surface area contributed by atoms with E-state index in [9.17, 15) is 19.8 Å². The fraction of sp³-hybridized carbons (Fsp3) is 0.462. The van der Waals surface area contributed by atoms with Gasteiger partial charge in [0.15, 0.2) is 0 Å². The second-order valence-corrected chi connectivity index (χ2v) is 10.6. The number of piperidine rings is 1. The molecule has 2 fully saturated rings. The van der Waals surface area contributed by atoms with Crippen molar-refractivity contribution in [2.24, 2.45) is 11.3 Å². The smallest absolute Gasteiger partial charge is 0.304 e. The molecule has 0 aromatic heterocycles. The molecule has 2 aromatic carbocycles. The molecule has 0 bridgehead atoms. The van der Waals surface area contributed by atoms with Crippen LogP contribution in [-0.2, 0) is 9.59 Å². The summed E-state index contributed by atoms with van der Waals surface area (Å²) in [5, 5.41) is 21.6. The van der Waals surface area contributed by atoms with E-state index >= 15 is 0 Å². The molecule has 2 N–H and O–H groups in total. The molecular formula is C26H29Cl2NO4. The van der Waals surface area contributed by atoms with Crippen molar-refractivity contribution >= 4 is 35.1 Å². The largest absolute Gasteiger partial charge is 0.481 e. The summed E-state index contributed by atoms with van der Waals surface area (Å²) in [6.07, 6.45) is 1.21. The van der Waals surface area contributed by atoms with Crippen molar-refractivity contribution < 1.29 is 19.8 Å². The van der Waals surface area contributed by atoms with Crippen LogP contribution in [0.1, 0.15) is 62.6 Å². The number of benzene rings is 2. The topological polar surface area (TPSA) is 77.8 Å². The third kappa shape index (κ3) is 4.91. The van der Waals surface area contributed by atoms with Gasteiger partial charge >= 0.3 is 5.97 Å². The predicted molar refractivity (Wildman–Crippen MR) is 128 cm³/mol. The highest BCUT2D eigenvalue weighted by molar-refractivity contribution is 6.30. The number of hydrogen-bond acceptors (Lipinski definition) is 3. The number of carboxylic acid groups (broad SMARTS) is 1. The van der Waals surface area contributed by atoms with E-state index in [-0.39, 0.29) is 30.2 Å². The third-order valence-corrected chi connectivity index (χ3v) is 7.54. The average molecular weight is 490 g/mol. The first-order valence-electron chi connectivity index (χ1n) is 11.3. The van der Waals surface area contributed by atoms with Crippen LogP contribution in [0.15, 0.2) is 48.5 Å². The van der Waals surface area contributed by atoms with Crippen molar-refractivity contribution in [2.75, 3.05) is 0 Å². The number of aliphatic carboxylic acids is 1. The molecule has 7 heteroatoms. The van der Waals surface area contributed by atoms with Crippen LogP contribution >= 0.6 is 23.2 Å². The monoisotopic (exact) mass is 489 g/mol. The van der Waals surface area contributed by atoms with Gasteiger partial charge in [0.05, 0.1) is 30.0 Å². The van der Waals surface area contributed by atoms with E-state index in [1.165, 1.54) is 0 Å². The van der Waals surface area contributed by atoms with Crippen LogP contribution in [0, 0.1) is 11.3 Å². The predicted octanol–water partition coefficient (Wildman–Crippen LogP) is 5.69. The van der Waals surface area contributed by atoms with E-state index in [1.54, 1.807) is 36.9 Å². The SMILES string of the molecule is C[C@H](O)C(C1CC1)N1C(=O)[C@@](C)(CC(=O)O)C[C@H](c2cccc(Cl)c2)[C@H]1c1ccc(Cl)cc1. The fourth-order valence-corrected chi connectivity index (χ4v) is 5.82. The number of carbonyl (C=O) groups is 2. The van der Waals surface area contributed by atoms with E-state index < -0.39 is 23.5 Å². The van der Waals surface area contributed by atoms with Crippen molar-refractivity contribution in [3.63, 3.8) is 0 Å². The Balaban J connectivity index is 1.92. The Morgan fingerprint density at radius 2 is 1.79 bits per heavy atom. The molecule has 1 aliphatic carbocycles. The summed E-state index contributed by atoms with van der Waals surface area (Å²) in [5.41, 5.74) is 0.738. The van der Waals surface area contributed by atoms with Crippen molar-refractivity contribution in [3.8, 4) is 0 Å². The summed E-state index contributed by atoms with van der Waals surface area (Å²) in [4.78, 5) is 27.7. The van der Waals surface area contributed by atoms with Gasteiger partial charge in [0.1, 0.15) is 0 Å². The number of hydrogen-bond donors (Lipinski definition) is 2. The maximum Gasteiger partial charge on any atom is 0.304 e. The molecule has 1 saturated carbocycles. The molecule has 2 aliphatic rings. The van der Waals surface area contributed by atoms with Crippen LogP contribution in [0.5, 0.6) is 0 Å². The standard InChI is InChI=1S/C26H29Cl2NO4/c1-15(30)23(16-6-7-16)29-24(17-8-10-19(27)11-9-17)21(18-4-3-5-20(28)12-18)13-26(2,25(29)33)14-22(31)32/h3-5,8-12,15-16,21,23-24,30H,6-7,13-14H2,1-2H3,(H,31,32)/t15-,21+,23?,24+,26+/m0/s1. The lowest BCUT2D eigenvalue weighted by Gasteiger charge is -2.52. The molecular weight excluding hydrogens is 461 g/mol. The Kier molecular flexibility index (Phi) is 6.77. The second kappa shape index (κ2) is 9.28. The number of rotatable bonds is 7.